The van der Waals surface area contributed by atoms with Crippen molar-refractivity contribution in [3.8, 4) is 5.75 Å². The van der Waals surface area contributed by atoms with Gasteiger partial charge in [0.2, 0.25) is 0 Å². The van der Waals surface area contributed by atoms with Crippen LogP contribution in [-0.2, 0) is 19.7 Å². The van der Waals surface area contributed by atoms with Crippen LogP contribution in [0.15, 0.2) is 53.1 Å². The van der Waals surface area contributed by atoms with E-state index in [1.807, 2.05) is 36.0 Å². The molecule has 3 rings (SSSR count). The molecule has 0 saturated heterocycles. The van der Waals surface area contributed by atoms with Crippen LogP contribution in [0.5, 0.6) is 5.75 Å². The molecule has 0 bridgehead atoms. The van der Waals surface area contributed by atoms with Gasteiger partial charge in [0.1, 0.15) is 12.4 Å². The van der Waals surface area contributed by atoms with E-state index < -0.39 is 0 Å². The molecule has 0 N–H and O–H groups in total. The molecule has 0 unspecified atom stereocenters. The summed E-state index contributed by atoms with van der Waals surface area (Å²) in [5.74, 6) is 0.454. The molecule has 0 aliphatic heterocycles. The minimum absolute atomic E-state index is 0.0886. The van der Waals surface area contributed by atoms with Crippen molar-refractivity contribution in [3.05, 3.63) is 80.0 Å². The Morgan fingerprint density at radius 1 is 1.24 bits per heavy atom. The SMILES string of the molecule is CCn1cc(Br)c(CN(C)C(=O)c2cccc(COc3ccc(Cl)cc3Cl)c2)n1. The van der Waals surface area contributed by atoms with Gasteiger partial charge in [0.15, 0.2) is 0 Å². The van der Waals surface area contributed by atoms with Gasteiger partial charge in [0.05, 0.1) is 21.7 Å². The van der Waals surface area contributed by atoms with Gasteiger partial charge in [-0.25, -0.2) is 0 Å². The van der Waals surface area contributed by atoms with Crippen LogP contribution in [-0.4, -0.2) is 27.6 Å². The zero-order valence-electron chi connectivity index (χ0n) is 16.0. The number of ether oxygens (including phenoxy) is 1. The first-order valence-electron chi connectivity index (χ1n) is 9.01. The highest BCUT2D eigenvalue weighted by Gasteiger charge is 2.16. The predicted octanol–water partition coefficient (Wildman–Crippen LogP) is 5.82. The first-order chi connectivity index (χ1) is 13.9. The molecule has 29 heavy (non-hydrogen) atoms. The number of aryl methyl sites for hydroxylation is 1. The fourth-order valence-electron chi connectivity index (χ4n) is 2.77. The van der Waals surface area contributed by atoms with Crippen molar-refractivity contribution in [2.45, 2.75) is 26.6 Å². The number of hydrogen-bond acceptors (Lipinski definition) is 3. The Bertz CT molecular complexity index is 1020. The minimum atomic E-state index is -0.0886. The number of halogens is 3. The van der Waals surface area contributed by atoms with Crippen molar-refractivity contribution in [2.24, 2.45) is 0 Å². The highest BCUT2D eigenvalue weighted by atomic mass is 79.9. The van der Waals surface area contributed by atoms with Crippen LogP contribution in [0.2, 0.25) is 10.0 Å². The van der Waals surface area contributed by atoms with Gasteiger partial charge in [-0.05, 0) is 58.7 Å². The Morgan fingerprint density at radius 3 is 2.72 bits per heavy atom. The van der Waals surface area contributed by atoms with Crippen LogP contribution < -0.4 is 4.74 Å². The maximum atomic E-state index is 12.9. The fraction of sp³-hybridized carbons (Fsp3) is 0.238. The smallest absolute Gasteiger partial charge is 0.253 e. The summed E-state index contributed by atoms with van der Waals surface area (Å²) < 4.78 is 8.49. The largest absolute Gasteiger partial charge is 0.487 e. The third-order valence-electron chi connectivity index (χ3n) is 4.31. The van der Waals surface area contributed by atoms with Gasteiger partial charge in [-0.1, -0.05) is 35.3 Å². The summed E-state index contributed by atoms with van der Waals surface area (Å²) in [7, 11) is 1.76. The van der Waals surface area contributed by atoms with E-state index in [0.717, 1.165) is 22.3 Å². The molecule has 2 aromatic carbocycles. The Morgan fingerprint density at radius 2 is 2.03 bits per heavy atom. The second-order valence-corrected chi connectivity index (χ2v) is 8.20. The third-order valence-corrected chi connectivity index (χ3v) is 5.50. The highest BCUT2D eigenvalue weighted by molar-refractivity contribution is 9.10. The van der Waals surface area contributed by atoms with Crippen LogP contribution in [0.4, 0.5) is 0 Å². The zero-order chi connectivity index (χ0) is 21.0. The molecule has 0 atom stereocenters. The van der Waals surface area contributed by atoms with Crippen LogP contribution in [0.1, 0.15) is 28.5 Å². The summed E-state index contributed by atoms with van der Waals surface area (Å²) >= 11 is 15.5. The van der Waals surface area contributed by atoms with Crippen molar-refractivity contribution in [3.63, 3.8) is 0 Å². The lowest BCUT2D eigenvalue weighted by atomic mass is 10.1. The van der Waals surface area contributed by atoms with Crippen LogP contribution in [0.3, 0.4) is 0 Å². The Labute approximate surface area is 188 Å². The summed E-state index contributed by atoms with van der Waals surface area (Å²) in [4.78, 5) is 14.5. The summed E-state index contributed by atoms with van der Waals surface area (Å²) in [6, 6.07) is 12.4. The molecule has 0 spiro atoms. The molecule has 0 aliphatic carbocycles. The second-order valence-electron chi connectivity index (χ2n) is 6.50. The number of hydrogen-bond donors (Lipinski definition) is 0. The maximum Gasteiger partial charge on any atom is 0.253 e. The minimum Gasteiger partial charge on any atom is -0.487 e. The Hall–Kier alpha value is -2.02. The molecule has 1 aromatic heterocycles. The van der Waals surface area contributed by atoms with E-state index in [1.165, 1.54) is 0 Å². The molecule has 0 saturated carbocycles. The first kappa shape index (κ1) is 21.7. The average molecular weight is 497 g/mol. The predicted molar refractivity (Wildman–Crippen MR) is 119 cm³/mol. The molecular formula is C21H20BrCl2N3O2. The van der Waals surface area contributed by atoms with Gasteiger partial charge in [-0.2, -0.15) is 5.10 Å². The number of nitrogens with zero attached hydrogens (tertiary/aromatic N) is 3. The third kappa shape index (κ3) is 5.53. The average Bonchev–Trinajstić information content (AvgIpc) is 3.06. The van der Waals surface area contributed by atoms with Gasteiger partial charge in [0, 0.05) is 30.4 Å². The highest BCUT2D eigenvalue weighted by Crippen LogP contribution is 2.28. The molecular weight excluding hydrogens is 477 g/mol. The topological polar surface area (TPSA) is 47.4 Å². The lowest BCUT2D eigenvalue weighted by molar-refractivity contribution is 0.0782. The molecule has 8 heteroatoms. The van der Waals surface area contributed by atoms with E-state index in [4.69, 9.17) is 27.9 Å². The van der Waals surface area contributed by atoms with Crippen LogP contribution in [0.25, 0.3) is 0 Å². The van der Waals surface area contributed by atoms with E-state index in [1.54, 1.807) is 36.2 Å². The monoisotopic (exact) mass is 495 g/mol. The van der Waals surface area contributed by atoms with E-state index in [0.29, 0.717) is 34.5 Å². The van der Waals surface area contributed by atoms with Crippen molar-refractivity contribution in [1.82, 2.24) is 14.7 Å². The van der Waals surface area contributed by atoms with Crippen LogP contribution in [0, 0.1) is 0 Å². The molecule has 0 radical (unpaired) electrons. The molecule has 1 amide bonds. The molecule has 5 nitrogen and oxygen atoms in total. The van der Waals surface area contributed by atoms with E-state index in [9.17, 15) is 4.79 Å². The fourth-order valence-corrected chi connectivity index (χ4v) is 3.67. The number of carbonyl (C=O) groups is 1. The van der Waals surface area contributed by atoms with Gasteiger partial charge >= 0.3 is 0 Å². The number of benzene rings is 2. The summed E-state index contributed by atoms with van der Waals surface area (Å²) in [5, 5.41) is 5.47. The normalized spacial score (nSPS) is 10.8. The number of rotatable bonds is 7. The van der Waals surface area contributed by atoms with Crippen molar-refractivity contribution >= 4 is 45.0 Å². The Balaban J connectivity index is 1.67. The van der Waals surface area contributed by atoms with E-state index in [2.05, 4.69) is 21.0 Å². The van der Waals surface area contributed by atoms with Crippen molar-refractivity contribution in [2.75, 3.05) is 7.05 Å². The summed E-state index contributed by atoms with van der Waals surface area (Å²) in [6.07, 6.45) is 1.91. The molecule has 152 valence electrons. The van der Waals surface area contributed by atoms with Gasteiger partial charge < -0.3 is 9.64 Å². The lowest BCUT2D eigenvalue weighted by Gasteiger charge is -2.17. The Kier molecular flexibility index (Phi) is 7.22. The molecule has 3 aromatic rings. The molecule has 1 heterocycles. The summed E-state index contributed by atoms with van der Waals surface area (Å²) in [5.41, 5.74) is 2.27. The van der Waals surface area contributed by atoms with E-state index in [-0.39, 0.29) is 5.91 Å². The number of aromatic nitrogens is 2. The quantitative estimate of drug-likeness (QED) is 0.413. The van der Waals surface area contributed by atoms with Gasteiger partial charge in [0.25, 0.3) is 5.91 Å². The second kappa shape index (κ2) is 9.65. The lowest BCUT2D eigenvalue weighted by Crippen LogP contribution is -2.26. The number of amides is 1. The van der Waals surface area contributed by atoms with Gasteiger partial charge in [-0.15, -0.1) is 0 Å². The first-order valence-corrected chi connectivity index (χ1v) is 10.6. The molecule has 0 fully saturated rings. The van der Waals surface area contributed by atoms with Crippen molar-refractivity contribution < 1.29 is 9.53 Å². The van der Waals surface area contributed by atoms with E-state index >= 15 is 0 Å². The zero-order valence-corrected chi connectivity index (χ0v) is 19.1. The van der Waals surface area contributed by atoms with Crippen LogP contribution >= 0.6 is 39.1 Å². The standard InChI is InChI=1S/C21H20BrCl2N3O2/c1-3-27-11-17(22)19(25-27)12-26(2)21(28)15-6-4-5-14(9-15)13-29-20-8-7-16(23)10-18(20)24/h4-11H,3,12-13H2,1-2H3. The maximum absolute atomic E-state index is 12.9. The molecule has 0 aliphatic rings. The van der Waals surface area contributed by atoms with Gasteiger partial charge in [-0.3, -0.25) is 9.48 Å². The van der Waals surface area contributed by atoms with Crippen molar-refractivity contribution in [1.29, 1.82) is 0 Å². The summed E-state index contributed by atoms with van der Waals surface area (Å²) in [6.45, 7) is 3.49. The number of carbonyl (C=O) groups excluding carboxylic acids is 1.